The molecule has 0 fully saturated rings. The van der Waals surface area contributed by atoms with E-state index >= 15 is 0 Å². The van der Waals surface area contributed by atoms with Crippen LogP contribution >= 0.6 is 0 Å². The molecule has 132 valence electrons. The van der Waals surface area contributed by atoms with Crippen molar-refractivity contribution in [1.82, 2.24) is 15.2 Å². The Morgan fingerprint density at radius 1 is 1.04 bits per heavy atom. The average Bonchev–Trinajstić information content (AvgIpc) is 3.21. The minimum absolute atomic E-state index is 0.242. The quantitative estimate of drug-likeness (QED) is 0.437. The third-order valence-corrected chi connectivity index (χ3v) is 4.29. The molecule has 4 rings (SSSR count). The maximum Gasteiger partial charge on any atom is 0.271 e. The van der Waals surface area contributed by atoms with Crippen molar-refractivity contribution >= 4 is 22.9 Å². The summed E-state index contributed by atoms with van der Waals surface area (Å²) in [5.74, 6) is -0.242. The highest BCUT2D eigenvalue weighted by Crippen LogP contribution is 2.16. The summed E-state index contributed by atoms with van der Waals surface area (Å²) in [6.45, 7) is 0.618. The van der Waals surface area contributed by atoms with Crippen LogP contribution < -0.4 is 5.43 Å². The molecule has 4 aromatic rings. The van der Waals surface area contributed by atoms with Crippen LogP contribution in [-0.4, -0.2) is 21.9 Å². The number of fused-ring (bicyclic) bond motifs is 1. The van der Waals surface area contributed by atoms with Gasteiger partial charge >= 0.3 is 0 Å². The predicted octanol–water partition coefficient (Wildman–Crippen LogP) is 3.85. The van der Waals surface area contributed by atoms with E-state index in [1.807, 2.05) is 65.5 Å². The van der Waals surface area contributed by atoms with Gasteiger partial charge in [-0.2, -0.15) is 10.2 Å². The van der Waals surface area contributed by atoms with Gasteiger partial charge in [0.25, 0.3) is 5.91 Å². The Bertz CT molecular complexity index is 1090. The molecule has 3 aromatic carbocycles. The number of amides is 1. The molecule has 0 aliphatic rings. The Morgan fingerprint density at radius 3 is 2.78 bits per heavy atom. The smallest absolute Gasteiger partial charge is 0.268 e. The highest BCUT2D eigenvalue weighted by molar-refractivity contribution is 6.00. The van der Waals surface area contributed by atoms with E-state index in [9.17, 15) is 4.79 Å². The number of carbonyl (C=O) groups excluding carboxylic acids is 1. The van der Waals surface area contributed by atoms with Crippen molar-refractivity contribution in [3.05, 3.63) is 102 Å². The molecule has 5 heteroatoms. The molecule has 1 amide bonds. The van der Waals surface area contributed by atoms with Gasteiger partial charge in [0, 0.05) is 23.5 Å². The molecule has 1 heterocycles. The molecule has 0 spiro atoms. The Hall–Kier alpha value is -3.73. The maximum atomic E-state index is 12.4. The Kier molecular flexibility index (Phi) is 4.74. The number of benzene rings is 3. The summed E-state index contributed by atoms with van der Waals surface area (Å²) in [5.41, 5.74) is 5.13. The fraction of sp³-hybridized carbons (Fsp3) is 0.0455. The highest BCUT2D eigenvalue weighted by Gasteiger charge is 2.06. The zero-order valence-corrected chi connectivity index (χ0v) is 14.6. The SMILES string of the molecule is O=C(NN=Cc1cccc2ccccc12)c1cccc(Cn2cccn2)c1. The fourth-order valence-electron chi connectivity index (χ4n) is 2.98. The summed E-state index contributed by atoms with van der Waals surface area (Å²) in [6.07, 6.45) is 5.30. The molecular weight excluding hydrogens is 336 g/mol. The molecule has 0 aliphatic heterocycles. The van der Waals surface area contributed by atoms with Crippen molar-refractivity contribution in [1.29, 1.82) is 0 Å². The van der Waals surface area contributed by atoms with Gasteiger partial charge < -0.3 is 0 Å². The average molecular weight is 354 g/mol. The lowest BCUT2D eigenvalue weighted by Gasteiger charge is -2.05. The second-order valence-corrected chi connectivity index (χ2v) is 6.17. The molecule has 0 unspecified atom stereocenters. The lowest BCUT2D eigenvalue weighted by Crippen LogP contribution is -2.18. The Morgan fingerprint density at radius 2 is 1.89 bits per heavy atom. The van der Waals surface area contributed by atoms with E-state index in [1.54, 1.807) is 18.5 Å². The molecule has 1 N–H and O–H groups in total. The third kappa shape index (κ3) is 3.93. The molecule has 0 bridgehead atoms. The number of rotatable bonds is 5. The molecular formula is C22H18N4O. The van der Waals surface area contributed by atoms with Gasteiger partial charge in [-0.15, -0.1) is 0 Å². The topological polar surface area (TPSA) is 59.3 Å². The first-order valence-electron chi connectivity index (χ1n) is 8.67. The fourth-order valence-corrected chi connectivity index (χ4v) is 2.98. The van der Waals surface area contributed by atoms with Gasteiger partial charge in [0.15, 0.2) is 0 Å². The summed E-state index contributed by atoms with van der Waals surface area (Å²) in [7, 11) is 0. The van der Waals surface area contributed by atoms with E-state index in [4.69, 9.17) is 0 Å². The molecule has 0 radical (unpaired) electrons. The largest absolute Gasteiger partial charge is 0.271 e. The number of nitrogens with one attached hydrogen (secondary N) is 1. The number of nitrogens with zero attached hydrogens (tertiary/aromatic N) is 3. The van der Waals surface area contributed by atoms with E-state index in [0.717, 1.165) is 21.9 Å². The lowest BCUT2D eigenvalue weighted by atomic mass is 10.1. The van der Waals surface area contributed by atoms with E-state index in [2.05, 4.69) is 27.8 Å². The summed E-state index contributed by atoms with van der Waals surface area (Å²) in [4.78, 5) is 12.4. The van der Waals surface area contributed by atoms with E-state index in [-0.39, 0.29) is 5.91 Å². The van der Waals surface area contributed by atoms with Crippen LogP contribution in [0.3, 0.4) is 0 Å². The van der Waals surface area contributed by atoms with Gasteiger partial charge in [-0.1, -0.05) is 54.6 Å². The summed E-state index contributed by atoms with van der Waals surface area (Å²) in [6, 6.07) is 23.4. The molecule has 5 nitrogen and oxygen atoms in total. The van der Waals surface area contributed by atoms with Crippen LogP contribution in [0.1, 0.15) is 21.5 Å². The number of hydrogen-bond donors (Lipinski definition) is 1. The van der Waals surface area contributed by atoms with Gasteiger partial charge in [-0.05, 0) is 34.5 Å². The second-order valence-electron chi connectivity index (χ2n) is 6.17. The van der Waals surface area contributed by atoms with Gasteiger partial charge in [0.1, 0.15) is 0 Å². The van der Waals surface area contributed by atoms with Crippen molar-refractivity contribution in [3.63, 3.8) is 0 Å². The minimum Gasteiger partial charge on any atom is -0.268 e. The number of hydrazone groups is 1. The highest BCUT2D eigenvalue weighted by atomic mass is 16.2. The zero-order chi connectivity index (χ0) is 18.5. The summed E-state index contributed by atoms with van der Waals surface area (Å²) in [5, 5.41) is 10.6. The second kappa shape index (κ2) is 7.66. The first kappa shape index (κ1) is 16.7. The molecule has 0 atom stereocenters. The van der Waals surface area contributed by atoms with Gasteiger partial charge in [-0.3, -0.25) is 9.48 Å². The van der Waals surface area contributed by atoms with Crippen LogP contribution in [0.2, 0.25) is 0 Å². The molecule has 0 aliphatic carbocycles. The van der Waals surface area contributed by atoms with Crippen molar-refractivity contribution in [3.8, 4) is 0 Å². The number of hydrogen-bond acceptors (Lipinski definition) is 3. The predicted molar refractivity (Wildman–Crippen MR) is 107 cm³/mol. The van der Waals surface area contributed by atoms with Crippen molar-refractivity contribution < 1.29 is 4.79 Å². The van der Waals surface area contributed by atoms with Crippen LogP contribution in [0.25, 0.3) is 10.8 Å². The maximum absolute atomic E-state index is 12.4. The van der Waals surface area contributed by atoms with Gasteiger partial charge in [0.2, 0.25) is 0 Å². The minimum atomic E-state index is -0.242. The van der Waals surface area contributed by atoms with Crippen LogP contribution in [0.15, 0.2) is 90.3 Å². The van der Waals surface area contributed by atoms with Crippen molar-refractivity contribution in [2.75, 3.05) is 0 Å². The third-order valence-electron chi connectivity index (χ3n) is 4.29. The Balaban J connectivity index is 1.47. The van der Waals surface area contributed by atoms with Crippen LogP contribution in [0, 0.1) is 0 Å². The van der Waals surface area contributed by atoms with E-state index < -0.39 is 0 Å². The van der Waals surface area contributed by atoms with E-state index in [1.165, 1.54) is 0 Å². The number of aromatic nitrogens is 2. The van der Waals surface area contributed by atoms with Crippen LogP contribution in [0.5, 0.6) is 0 Å². The summed E-state index contributed by atoms with van der Waals surface area (Å²) >= 11 is 0. The monoisotopic (exact) mass is 354 g/mol. The summed E-state index contributed by atoms with van der Waals surface area (Å²) < 4.78 is 1.82. The number of carbonyl (C=O) groups is 1. The van der Waals surface area contributed by atoms with Crippen LogP contribution in [0.4, 0.5) is 0 Å². The lowest BCUT2D eigenvalue weighted by molar-refractivity contribution is 0.0955. The normalized spacial score (nSPS) is 11.1. The van der Waals surface area contributed by atoms with Crippen molar-refractivity contribution in [2.45, 2.75) is 6.54 Å². The Labute approximate surface area is 157 Å². The van der Waals surface area contributed by atoms with E-state index in [0.29, 0.717) is 12.1 Å². The van der Waals surface area contributed by atoms with Gasteiger partial charge in [0.05, 0.1) is 12.8 Å². The molecule has 1 aromatic heterocycles. The van der Waals surface area contributed by atoms with Gasteiger partial charge in [-0.25, -0.2) is 5.43 Å². The standard InChI is InChI=1S/C22H18N4O/c27-22(19-9-3-6-17(14-19)16-26-13-5-12-24-26)25-23-15-20-10-4-8-18-7-1-2-11-21(18)20/h1-15H,16H2,(H,25,27). The first-order chi connectivity index (χ1) is 13.3. The first-order valence-corrected chi connectivity index (χ1v) is 8.67. The molecule has 0 saturated heterocycles. The molecule has 0 saturated carbocycles. The van der Waals surface area contributed by atoms with Crippen molar-refractivity contribution in [2.24, 2.45) is 5.10 Å². The molecule has 27 heavy (non-hydrogen) atoms. The zero-order valence-electron chi connectivity index (χ0n) is 14.6. The van der Waals surface area contributed by atoms with Crippen LogP contribution in [-0.2, 0) is 6.54 Å².